The molecule has 110 valence electrons. The van der Waals surface area contributed by atoms with E-state index in [-0.39, 0.29) is 6.10 Å². The van der Waals surface area contributed by atoms with Crippen molar-refractivity contribution in [1.29, 1.82) is 0 Å². The van der Waals surface area contributed by atoms with Crippen molar-refractivity contribution in [3.05, 3.63) is 71.8 Å². The largest absolute Gasteiger partial charge is 0.375 e. The molecule has 0 amide bonds. The van der Waals surface area contributed by atoms with Crippen molar-refractivity contribution in [1.82, 2.24) is 10.6 Å². The van der Waals surface area contributed by atoms with Crippen LogP contribution in [-0.2, 0) is 11.3 Å². The Morgan fingerprint density at radius 1 is 1.00 bits per heavy atom. The molecule has 2 aromatic rings. The molecule has 0 saturated carbocycles. The van der Waals surface area contributed by atoms with E-state index in [9.17, 15) is 0 Å². The molecule has 0 fully saturated rings. The highest BCUT2D eigenvalue weighted by Crippen LogP contribution is 2.14. The minimum absolute atomic E-state index is 0.0114. The van der Waals surface area contributed by atoms with Crippen molar-refractivity contribution in [3.8, 4) is 0 Å². The molecule has 0 aliphatic heterocycles. The van der Waals surface area contributed by atoms with Crippen LogP contribution in [0.25, 0.3) is 0 Å². The van der Waals surface area contributed by atoms with Gasteiger partial charge >= 0.3 is 0 Å². The van der Waals surface area contributed by atoms with E-state index in [4.69, 9.17) is 17.0 Å². The van der Waals surface area contributed by atoms with Gasteiger partial charge in [-0.15, -0.1) is 0 Å². The van der Waals surface area contributed by atoms with Gasteiger partial charge in [0.05, 0.1) is 6.10 Å². The Morgan fingerprint density at radius 3 is 2.24 bits per heavy atom. The van der Waals surface area contributed by atoms with E-state index in [0.717, 1.165) is 12.1 Å². The van der Waals surface area contributed by atoms with Crippen molar-refractivity contribution in [2.24, 2.45) is 0 Å². The summed E-state index contributed by atoms with van der Waals surface area (Å²) in [6.07, 6.45) is -0.0114. The van der Waals surface area contributed by atoms with Gasteiger partial charge in [0.1, 0.15) is 0 Å². The van der Waals surface area contributed by atoms with Crippen LogP contribution in [0.15, 0.2) is 60.7 Å². The zero-order valence-corrected chi connectivity index (χ0v) is 12.9. The van der Waals surface area contributed by atoms with Gasteiger partial charge in [-0.25, -0.2) is 0 Å². The maximum absolute atomic E-state index is 5.50. The molecule has 4 heteroatoms. The van der Waals surface area contributed by atoms with E-state index in [0.29, 0.717) is 11.7 Å². The number of nitrogens with one attached hydrogen (secondary N) is 2. The van der Waals surface area contributed by atoms with Crippen molar-refractivity contribution in [2.45, 2.75) is 12.6 Å². The fourth-order valence-corrected chi connectivity index (χ4v) is 2.19. The van der Waals surface area contributed by atoms with Crippen molar-refractivity contribution in [3.63, 3.8) is 0 Å². The summed E-state index contributed by atoms with van der Waals surface area (Å²) < 4.78 is 5.50. The number of hydrogen-bond acceptors (Lipinski definition) is 2. The lowest BCUT2D eigenvalue weighted by molar-refractivity contribution is 0.106. The van der Waals surface area contributed by atoms with Crippen LogP contribution in [-0.4, -0.2) is 18.8 Å². The molecule has 1 atom stereocenters. The van der Waals surface area contributed by atoms with Gasteiger partial charge in [0.2, 0.25) is 0 Å². The molecule has 0 bridgehead atoms. The Bertz CT molecular complexity index is 545. The zero-order valence-electron chi connectivity index (χ0n) is 12.1. The Labute approximate surface area is 131 Å². The Kier molecular flexibility index (Phi) is 6.19. The highest BCUT2D eigenvalue weighted by molar-refractivity contribution is 7.80. The number of rotatable bonds is 6. The van der Waals surface area contributed by atoms with Crippen molar-refractivity contribution >= 4 is 17.3 Å². The average Bonchev–Trinajstić information content (AvgIpc) is 2.55. The summed E-state index contributed by atoms with van der Waals surface area (Å²) in [4.78, 5) is 0. The maximum Gasteiger partial charge on any atom is 0.166 e. The summed E-state index contributed by atoms with van der Waals surface area (Å²) in [5, 5.41) is 7.03. The van der Waals surface area contributed by atoms with Gasteiger partial charge in [0, 0.05) is 20.2 Å². The predicted molar refractivity (Wildman–Crippen MR) is 90.1 cm³/mol. The first-order chi connectivity index (χ1) is 10.3. The highest BCUT2D eigenvalue weighted by atomic mass is 32.1. The zero-order chi connectivity index (χ0) is 14.9. The second kappa shape index (κ2) is 8.39. The van der Waals surface area contributed by atoms with Crippen LogP contribution in [0.2, 0.25) is 0 Å². The van der Waals surface area contributed by atoms with E-state index in [1.807, 2.05) is 36.4 Å². The Balaban J connectivity index is 1.77. The molecule has 2 aromatic carbocycles. The van der Waals surface area contributed by atoms with Gasteiger partial charge < -0.3 is 15.4 Å². The molecule has 0 radical (unpaired) electrons. The first-order valence-electron chi connectivity index (χ1n) is 6.93. The standard InChI is InChI=1S/C17H20N2OS/c1-20-16(15-10-6-3-7-11-15)13-19-17(21)18-12-14-8-4-2-5-9-14/h2-11,16H,12-13H2,1H3,(H2,18,19,21). The number of benzene rings is 2. The molecular weight excluding hydrogens is 280 g/mol. The first kappa shape index (κ1) is 15.5. The molecule has 2 rings (SSSR count). The van der Waals surface area contributed by atoms with Crippen LogP contribution in [0, 0.1) is 0 Å². The number of hydrogen-bond donors (Lipinski definition) is 2. The SMILES string of the molecule is COC(CNC(=S)NCc1ccccc1)c1ccccc1. The van der Waals surface area contributed by atoms with Crippen LogP contribution >= 0.6 is 12.2 Å². The van der Waals surface area contributed by atoms with E-state index in [1.165, 1.54) is 5.56 Å². The van der Waals surface area contributed by atoms with Gasteiger partial charge in [0.25, 0.3) is 0 Å². The normalized spacial score (nSPS) is 11.7. The van der Waals surface area contributed by atoms with E-state index in [2.05, 4.69) is 34.9 Å². The number of ether oxygens (including phenoxy) is 1. The summed E-state index contributed by atoms with van der Waals surface area (Å²) >= 11 is 5.29. The lowest BCUT2D eigenvalue weighted by Crippen LogP contribution is -2.37. The molecule has 0 saturated heterocycles. The second-order valence-corrected chi connectivity index (χ2v) is 5.09. The van der Waals surface area contributed by atoms with Gasteiger partial charge in [0.15, 0.2) is 5.11 Å². The van der Waals surface area contributed by atoms with Crippen LogP contribution in [0.3, 0.4) is 0 Å². The molecule has 21 heavy (non-hydrogen) atoms. The molecule has 0 aliphatic rings. The third-order valence-electron chi connectivity index (χ3n) is 3.20. The molecule has 1 unspecified atom stereocenters. The van der Waals surface area contributed by atoms with Crippen LogP contribution in [0.5, 0.6) is 0 Å². The van der Waals surface area contributed by atoms with Crippen LogP contribution < -0.4 is 10.6 Å². The van der Waals surface area contributed by atoms with E-state index < -0.39 is 0 Å². The Morgan fingerprint density at radius 2 is 1.62 bits per heavy atom. The number of thiocarbonyl (C=S) groups is 1. The maximum atomic E-state index is 5.50. The topological polar surface area (TPSA) is 33.3 Å². The molecule has 0 spiro atoms. The summed E-state index contributed by atoms with van der Waals surface area (Å²) in [6, 6.07) is 20.3. The van der Waals surface area contributed by atoms with Gasteiger partial charge in [-0.05, 0) is 23.3 Å². The van der Waals surface area contributed by atoms with Gasteiger partial charge in [-0.1, -0.05) is 60.7 Å². The smallest absolute Gasteiger partial charge is 0.166 e. The van der Waals surface area contributed by atoms with Crippen LogP contribution in [0.4, 0.5) is 0 Å². The van der Waals surface area contributed by atoms with Crippen molar-refractivity contribution < 1.29 is 4.74 Å². The van der Waals surface area contributed by atoms with Crippen molar-refractivity contribution in [2.75, 3.05) is 13.7 Å². The summed E-state index contributed by atoms with van der Waals surface area (Å²) in [6.45, 7) is 1.36. The third-order valence-corrected chi connectivity index (χ3v) is 3.49. The second-order valence-electron chi connectivity index (χ2n) is 4.68. The molecule has 0 aromatic heterocycles. The average molecular weight is 300 g/mol. The van der Waals surface area contributed by atoms with Gasteiger partial charge in [-0.2, -0.15) is 0 Å². The lowest BCUT2D eigenvalue weighted by Gasteiger charge is -2.18. The van der Waals surface area contributed by atoms with E-state index >= 15 is 0 Å². The summed E-state index contributed by atoms with van der Waals surface area (Å²) in [7, 11) is 1.71. The monoisotopic (exact) mass is 300 g/mol. The lowest BCUT2D eigenvalue weighted by atomic mass is 10.1. The fourth-order valence-electron chi connectivity index (χ4n) is 2.03. The first-order valence-corrected chi connectivity index (χ1v) is 7.34. The van der Waals surface area contributed by atoms with E-state index in [1.54, 1.807) is 7.11 Å². The minimum atomic E-state index is -0.0114. The number of methoxy groups -OCH3 is 1. The molecule has 0 heterocycles. The molecule has 2 N–H and O–H groups in total. The molecule has 3 nitrogen and oxygen atoms in total. The summed E-state index contributed by atoms with van der Waals surface area (Å²) in [5.41, 5.74) is 2.34. The fraction of sp³-hybridized carbons (Fsp3) is 0.235. The predicted octanol–water partition coefficient (Wildman–Crippen LogP) is 3.04. The minimum Gasteiger partial charge on any atom is -0.375 e. The third kappa shape index (κ3) is 5.17. The molecule has 0 aliphatic carbocycles. The van der Waals surface area contributed by atoms with Crippen LogP contribution in [0.1, 0.15) is 17.2 Å². The van der Waals surface area contributed by atoms with Gasteiger partial charge in [-0.3, -0.25) is 0 Å². The Hall–Kier alpha value is -1.91. The molecular formula is C17H20N2OS. The highest BCUT2D eigenvalue weighted by Gasteiger charge is 2.10. The summed E-state index contributed by atoms with van der Waals surface area (Å²) in [5.74, 6) is 0. The quantitative estimate of drug-likeness (QED) is 0.804.